The third-order valence-corrected chi connectivity index (χ3v) is 5.89. The number of Topliss-reactive ketones (excluding diaryl/α,β-unsaturated/α-hetero) is 1. The molecule has 0 aromatic heterocycles. The molecule has 1 fully saturated rings. The largest absolute Gasteiger partial charge is 0.481 e. The van der Waals surface area contributed by atoms with Gasteiger partial charge in [0.05, 0.1) is 0 Å². The van der Waals surface area contributed by atoms with E-state index in [4.69, 9.17) is 5.11 Å². The van der Waals surface area contributed by atoms with E-state index in [-0.39, 0.29) is 12.3 Å². The van der Waals surface area contributed by atoms with E-state index in [2.05, 4.69) is 43.3 Å². The molecule has 1 aromatic rings. The summed E-state index contributed by atoms with van der Waals surface area (Å²) >= 11 is 0. The van der Waals surface area contributed by atoms with Crippen molar-refractivity contribution in [3.63, 3.8) is 0 Å². The standard InChI is InChI=1S/C25H36O3/c1-2-3-6-9-20-12-14-21(15-13-20)16-17-22-18-19-24(26)23(22)10-7-4-5-8-11-25(27)28/h12-17,22-23H,2-11,18-19H2,1H3,(H,27,28). The van der Waals surface area contributed by atoms with Crippen LogP contribution in [0.2, 0.25) is 0 Å². The summed E-state index contributed by atoms with van der Waals surface area (Å²) in [5.41, 5.74) is 2.62. The molecule has 0 heterocycles. The number of aryl methyl sites for hydroxylation is 1. The van der Waals surface area contributed by atoms with Gasteiger partial charge in [0.15, 0.2) is 0 Å². The highest BCUT2D eigenvalue weighted by atomic mass is 16.4. The molecule has 154 valence electrons. The van der Waals surface area contributed by atoms with Crippen molar-refractivity contribution in [1.29, 1.82) is 0 Å². The summed E-state index contributed by atoms with van der Waals surface area (Å²) in [4.78, 5) is 22.8. The fourth-order valence-corrected chi connectivity index (χ4v) is 4.14. The number of hydrogen-bond acceptors (Lipinski definition) is 2. The van der Waals surface area contributed by atoms with Gasteiger partial charge in [0.25, 0.3) is 0 Å². The van der Waals surface area contributed by atoms with Gasteiger partial charge < -0.3 is 5.11 Å². The van der Waals surface area contributed by atoms with Crippen molar-refractivity contribution in [3.8, 4) is 0 Å². The smallest absolute Gasteiger partial charge is 0.303 e. The SMILES string of the molecule is CCCCCc1ccc(C=CC2CCC(=O)C2CCCCCCC(=O)O)cc1. The fourth-order valence-electron chi connectivity index (χ4n) is 4.14. The Bertz CT molecular complexity index is 630. The van der Waals surface area contributed by atoms with Crippen LogP contribution >= 0.6 is 0 Å². The van der Waals surface area contributed by atoms with E-state index in [1.165, 1.54) is 30.4 Å². The van der Waals surface area contributed by atoms with Gasteiger partial charge in [-0.25, -0.2) is 0 Å². The molecule has 2 rings (SSSR count). The summed E-state index contributed by atoms with van der Waals surface area (Å²) in [7, 11) is 0. The number of benzene rings is 1. The van der Waals surface area contributed by atoms with Crippen molar-refractivity contribution < 1.29 is 14.7 Å². The zero-order valence-electron chi connectivity index (χ0n) is 17.4. The van der Waals surface area contributed by atoms with Gasteiger partial charge in [-0.1, -0.05) is 75.4 Å². The number of aliphatic carboxylic acids is 1. The molecule has 0 spiro atoms. The van der Waals surface area contributed by atoms with E-state index < -0.39 is 5.97 Å². The molecule has 1 aliphatic rings. The Labute approximate surface area is 170 Å². The lowest BCUT2D eigenvalue weighted by atomic mass is 9.89. The first-order valence-corrected chi connectivity index (χ1v) is 11.1. The number of carboxylic acids is 1. The van der Waals surface area contributed by atoms with Crippen molar-refractivity contribution in [2.24, 2.45) is 11.8 Å². The first-order chi connectivity index (χ1) is 13.6. The number of unbranched alkanes of at least 4 members (excludes halogenated alkanes) is 5. The van der Waals surface area contributed by atoms with Crippen LogP contribution < -0.4 is 0 Å². The second-order valence-corrected chi connectivity index (χ2v) is 8.18. The Hall–Kier alpha value is -1.90. The number of carboxylic acid groups (broad SMARTS) is 1. The first-order valence-electron chi connectivity index (χ1n) is 11.1. The predicted molar refractivity (Wildman–Crippen MR) is 115 cm³/mol. The Morgan fingerprint density at radius 1 is 1.07 bits per heavy atom. The quantitative estimate of drug-likeness (QED) is 0.397. The Kier molecular flexibility index (Phi) is 10.0. The van der Waals surface area contributed by atoms with E-state index in [9.17, 15) is 9.59 Å². The molecular weight excluding hydrogens is 348 g/mol. The van der Waals surface area contributed by atoms with E-state index in [1.54, 1.807) is 0 Å². The van der Waals surface area contributed by atoms with Gasteiger partial charge in [0.2, 0.25) is 0 Å². The lowest BCUT2D eigenvalue weighted by Gasteiger charge is -2.14. The van der Waals surface area contributed by atoms with Crippen molar-refractivity contribution in [2.75, 3.05) is 0 Å². The van der Waals surface area contributed by atoms with Gasteiger partial charge in [-0.3, -0.25) is 9.59 Å². The maximum Gasteiger partial charge on any atom is 0.303 e. The summed E-state index contributed by atoms with van der Waals surface area (Å²) < 4.78 is 0. The molecule has 1 aromatic carbocycles. The maximum absolute atomic E-state index is 12.3. The van der Waals surface area contributed by atoms with Crippen LogP contribution in [0.15, 0.2) is 30.3 Å². The number of rotatable bonds is 13. The molecule has 0 amide bonds. The van der Waals surface area contributed by atoms with Crippen LogP contribution in [0.25, 0.3) is 6.08 Å². The first kappa shape index (κ1) is 22.4. The molecule has 1 N–H and O–H groups in total. The van der Waals surface area contributed by atoms with E-state index in [1.807, 2.05) is 0 Å². The third kappa shape index (κ3) is 8.00. The van der Waals surface area contributed by atoms with Crippen LogP contribution in [-0.2, 0) is 16.0 Å². The van der Waals surface area contributed by atoms with Gasteiger partial charge in [0.1, 0.15) is 5.78 Å². The predicted octanol–water partition coefficient (Wildman–Crippen LogP) is 6.45. The molecule has 3 nitrogen and oxygen atoms in total. The van der Waals surface area contributed by atoms with E-state index >= 15 is 0 Å². The van der Waals surface area contributed by atoms with Crippen molar-refractivity contribution in [3.05, 3.63) is 41.5 Å². The van der Waals surface area contributed by atoms with E-state index in [0.29, 0.717) is 18.1 Å². The van der Waals surface area contributed by atoms with Crippen LogP contribution in [0.3, 0.4) is 0 Å². The lowest BCUT2D eigenvalue weighted by Crippen LogP contribution is -2.13. The molecular formula is C25H36O3. The zero-order chi connectivity index (χ0) is 20.2. The molecule has 3 heteroatoms. The van der Waals surface area contributed by atoms with Gasteiger partial charge in [-0.2, -0.15) is 0 Å². The van der Waals surface area contributed by atoms with Gasteiger partial charge in [-0.15, -0.1) is 0 Å². The summed E-state index contributed by atoms with van der Waals surface area (Å²) in [6, 6.07) is 8.82. The minimum atomic E-state index is -0.717. The minimum absolute atomic E-state index is 0.157. The third-order valence-electron chi connectivity index (χ3n) is 5.89. The second-order valence-electron chi connectivity index (χ2n) is 8.18. The molecule has 0 radical (unpaired) electrons. The average molecular weight is 385 g/mol. The normalized spacial score (nSPS) is 19.5. The molecule has 28 heavy (non-hydrogen) atoms. The Morgan fingerprint density at radius 2 is 1.82 bits per heavy atom. The van der Waals surface area contributed by atoms with Gasteiger partial charge >= 0.3 is 5.97 Å². The van der Waals surface area contributed by atoms with Gasteiger partial charge in [-0.05, 0) is 49.1 Å². The summed E-state index contributed by atoms with van der Waals surface area (Å²) in [5.74, 6) is 0.205. The average Bonchev–Trinajstić information content (AvgIpc) is 3.03. The second kappa shape index (κ2) is 12.5. The van der Waals surface area contributed by atoms with Crippen LogP contribution in [0.5, 0.6) is 0 Å². The minimum Gasteiger partial charge on any atom is -0.481 e. The summed E-state index contributed by atoms with van der Waals surface area (Å²) in [6.07, 6.45) is 16.0. The summed E-state index contributed by atoms with van der Waals surface area (Å²) in [6.45, 7) is 2.23. The Morgan fingerprint density at radius 3 is 2.54 bits per heavy atom. The van der Waals surface area contributed by atoms with Gasteiger partial charge in [0, 0.05) is 18.8 Å². The zero-order valence-corrected chi connectivity index (χ0v) is 17.4. The van der Waals surface area contributed by atoms with Crippen LogP contribution in [-0.4, -0.2) is 16.9 Å². The highest BCUT2D eigenvalue weighted by molar-refractivity contribution is 5.84. The topological polar surface area (TPSA) is 54.4 Å². The molecule has 0 bridgehead atoms. The summed E-state index contributed by atoms with van der Waals surface area (Å²) in [5, 5.41) is 8.68. The monoisotopic (exact) mass is 384 g/mol. The van der Waals surface area contributed by atoms with E-state index in [0.717, 1.165) is 44.9 Å². The molecule has 1 aliphatic carbocycles. The van der Waals surface area contributed by atoms with Crippen molar-refractivity contribution in [1.82, 2.24) is 0 Å². The number of carbonyl (C=O) groups excluding carboxylic acids is 1. The Balaban J connectivity index is 1.77. The lowest BCUT2D eigenvalue weighted by molar-refractivity contribution is -0.137. The number of carbonyl (C=O) groups is 2. The fraction of sp³-hybridized carbons (Fsp3) is 0.600. The molecule has 1 saturated carbocycles. The van der Waals surface area contributed by atoms with Crippen molar-refractivity contribution in [2.45, 2.75) is 84.0 Å². The molecule has 0 saturated heterocycles. The highest BCUT2D eigenvalue weighted by Gasteiger charge is 2.32. The highest BCUT2D eigenvalue weighted by Crippen LogP contribution is 2.34. The molecule has 2 atom stereocenters. The number of allylic oxidation sites excluding steroid dienone is 1. The van der Waals surface area contributed by atoms with Crippen LogP contribution in [0.4, 0.5) is 0 Å². The van der Waals surface area contributed by atoms with Crippen LogP contribution in [0.1, 0.15) is 88.7 Å². The maximum atomic E-state index is 12.3. The van der Waals surface area contributed by atoms with Crippen molar-refractivity contribution >= 4 is 17.8 Å². The molecule has 0 aliphatic heterocycles. The van der Waals surface area contributed by atoms with Crippen LogP contribution in [0, 0.1) is 11.8 Å². The number of hydrogen-bond donors (Lipinski definition) is 1. The molecule has 2 unspecified atom stereocenters. The number of ketones is 1.